The lowest BCUT2D eigenvalue weighted by Gasteiger charge is -2.27. The molecule has 0 spiro atoms. The molecule has 1 aliphatic heterocycles. The molecule has 0 aliphatic carbocycles. The van der Waals surface area contributed by atoms with Crippen LogP contribution in [0.4, 0.5) is 0 Å². The van der Waals surface area contributed by atoms with E-state index in [2.05, 4.69) is 13.8 Å². The van der Waals surface area contributed by atoms with Gasteiger partial charge < -0.3 is 14.6 Å². The third-order valence-corrected chi connectivity index (χ3v) is 3.53. The van der Waals surface area contributed by atoms with E-state index in [0.717, 1.165) is 17.5 Å². The molecule has 1 heterocycles. The second-order valence-corrected chi connectivity index (χ2v) is 6.15. The first kappa shape index (κ1) is 14.5. The SMILES string of the molecule is CC(C)c1c(C(C)(C)O)cc(Cl)c2c1OCCCO2. The van der Waals surface area contributed by atoms with E-state index in [4.69, 9.17) is 21.1 Å². The van der Waals surface area contributed by atoms with Gasteiger partial charge in [-0.25, -0.2) is 0 Å². The molecule has 0 saturated carbocycles. The highest BCUT2D eigenvalue weighted by atomic mass is 35.5. The molecule has 3 nitrogen and oxygen atoms in total. The van der Waals surface area contributed by atoms with E-state index in [9.17, 15) is 5.11 Å². The molecular weight excluding hydrogens is 264 g/mol. The maximum Gasteiger partial charge on any atom is 0.180 e. The summed E-state index contributed by atoms with van der Waals surface area (Å²) in [5.41, 5.74) is 0.819. The topological polar surface area (TPSA) is 38.7 Å². The van der Waals surface area contributed by atoms with Gasteiger partial charge in [0.2, 0.25) is 0 Å². The summed E-state index contributed by atoms with van der Waals surface area (Å²) in [5.74, 6) is 1.52. The molecule has 0 amide bonds. The van der Waals surface area contributed by atoms with Gasteiger partial charge in [-0.1, -0.05) is 25.4 Å². The van der Waals surface area contributed by atoms with Gasteiger partial charge >= 0.3 is 0 Å². The van der Waals surface area contributed by atoms with Crippen molar-refractivity contribution in [2.75, 3.05) is 13.2 Å². The van der Waals surface area contributed by atoms with Crippen molar-refractivity contribution in [3.8, 4) is 11.5 Å². The fourth-order valence-corrected chi connectivity index (χ4v) is 2.64. The highest BCUT2D eigenvalue weighted by molar-refractivity contribution is 6.32. The summed E-state index contributed by atoms with van der Waals surface area (Å²) in [6.07, 6.45) is 0.834. The minimum absolute atomic E-state index is 0.217. The van der Waals surface area contributed by atoms with E-state index < -0.39 is 5.60 Å². The van der Waals surface area contributed by atoms with Gasteiger partial charge in [-0.3, -0.25) is 0 Å². The molecule has 1 aromatic carbocycles. The molecule has 0 fully saturated rings. The van der Waals surface area contributed by atoms with Gasteiger partial charge in [0.1, 0.15) is 0 Å². The van der Waals surface area contributed by atoms with Crippen LogP contribution in [0.1, 0.15) is 51.2 Å². The number of fused-ring (bicyclic) bond motifs is 1. The average Bonchev–Trinajstić information content (AvgIpc) is 2.52. The van der Waals surface area contributed by atoms with Crippen LogP contribution >= 0.6 is 11.6 Å². The largest absolute Gasteiger partial charge is 0.489 e. The Bertz CT molecular complexity index is 475. The molecule has 0 atom stereocenters. The molecular formula is C15H21ClO3. The van der Waals surface area contributed by atoms with E-state index in [0.29, 0.717) is 29.7 Å². The summed E-state index contributed by atoms with van der Waals surface area (Å²) in [7, 11) is 0. The molecule has 1 aliphatic rings. The fourth-order valence-electron chi connectivity index (χ4n) is 2.39. The van der Waals surface area contributed by atoms with Gasteiger partial charge in [-0.2, -0.15) is 0 Å². The van der Waals surface area contributed by atoms with Gasteiger partial charge in [-0.05, 0) is 31.4 Å². The quantitative estimate of drug-likeness (QED) is 0.896. The summed E-state index contributed by atoms with van der Waals surface area (Å²) in [6.45, 7) is 8.88. The van der Waals surface area contributed by atoms with Crippen molar-refractivity contribution >= 4 is 11.6 Å². The van der Waals surface area contributed by atoms with Gasteiger partial charge in [0.05, 0.1) is 23.8 Å². The Balaban J connectivity index is 2.71. The maximum absolute atomic E-state index is 10.4. The van der Waals surface area contributed by atoms with Crippen molar-refractivity contribution in [3.63, 3.8) is 0 Å². The third kappa shape index (κ3) is 2.82. The van der Waals surface area contributed by atoms with Gasteiger partial charge in [0.25, 0.3) is 0 Å². The fraction of sp³-hybridized carbons (Fsp3) is 0.600. The van der Waals surface area contributed by atoms with Crippen molar-refractivity contribution in [2.24, 2.45) is 0 Å². The maximum atomic E-state index is 10.4. The Labute approximate surface area is 119 Å². The zero-order valence-electron chi connectivity index (χ0n) is 11.9. The number of aliphatic hydroxyl groups is 1. The first-order chi connectivity index (χ1) is 8.82. The molecule has 106 valence electrons. The van der Waals surface area contributed by atoms with Crippen LogP contribution in [0.3, 0.4) is 0 Å². The van der Waals surface area contributed by atoms with E-state index in [1.165, 1.54) is 0 Å². The molecule has 1 N–H and O–H groups in total. The van der Waals surface area contributed by atoms with Crippen molar-refractivity contribution in [1.29, 1.82) is 0 Å². The number of halogens is 1. The zero-order chi connectivity index (χ0) is 14.2. The zero-order valence-corrected chi connectivity index (χ0v) is 12.7. The van der Waals surface area contributed by atoms with Gasteiger partial charge in [0.15, 0.2) is 11.5 Å². The van der Waals surface area contributed by atoms with Crippen molar-refractivity contribution in [3.05, 3.63) is 22.2 Å². The average molecular weight is 285 g/mol. The summed E-state index contributed by atoms with van der Waals surface area (Å²) >= 11 is 6.29. The first-order valence-corrected chi connectivity index (χ1v) is 7.05. The third-order valence-electron chi connectivity index (χ3n) is 3.25. The molecule has 4 heteroatoms. The van der Waals surface area contributed by atoms with Crippen molar-refractivity contribution in [1.82, 2.24) is 0 Å². The molecule has 19 heavy (non-hydrogen) atoms. The highest BCUT2D eigenvalue weighted by Gasteiger charge is 2.29. The molecule has 1 aromatic rings. The lowest BCUT2D eigenvalue weighted by Crippen LogP contribution is -2.19. The smallest absolute Gasteiger partial charge is 0.180 e. The van der Waals surface area contributed by atoms with Crippen LogP contribution in [0, 0.1) is 0 Å². The standard InChI is InChI=1S/C15H21ClO3/c1-9(2)12-10(15(3,4)17)8-11(16)13-14(12)19-7-5-6-18-13/h8-9,17H,5-7H2,1-4H3. The normalized spacial score (nSPS) is 15.5. The Morgan fingerprint density at radius 1 is 1.21 bits per heavy atom. The van der Waals surface area contributed by atoms with E-state index in [1.807, 2.05) is 0 Å². The monoisotopic (exact) mass is 284 g/mol. The molecule has 0 aromatic heterocycles. The van der Waals surface area contributed by atoms with Gasteiger partial charge in [-0.15, -0.1) is 0 Å². The number of ether oxygens (including phenoxy) is 2. The Morgan fingerprint density at radius 2 is 1.79 bits per heavy atom. The lowest BCUT2D eigenvalue weighted by molar-refractivity contribution is 0.0768. The molecule has 0 radical (unpaired) electrons. The lowest BCUT2D eigenvalue weighted by atomic mass is 9.87. The summed E-state index contributed by atoms with van der Waals surface area (Å²) in [5, 5.41) is 10.9. The minimum Gasteiger partial charge on any atom is -0.489 e. The van der Waals surface area contributed by atoms with Crippen LogP contribution in [-0.4, -0.2) is 18.3 Å². The second kappa shape index (κ2) is 5.22. The molecule has 2 rings (SSSR count). The summed E-state index contributed by atoms with van der Waals surface area (Å²) in [4.78, 5) is 0. The van der Waals surface area contributed by atoms with Crippen molar-refractivity contribution < 1.29 is 14.6 Å². The van der Waals surface area contributed by atoms with Crippen LogP contribution in [0.15, 0.2) is 6.07 Å². The van der Waals surface area contributed by atoms with Crippen LogP contribution in [0.5, 0.6) is 11.5 Å². The van der Waals surface area contributed by atoms with Crippen molar-refractivity contribution in [2.45, 2.75) is 45.6 Å². The van der Waals surface area contributed by atoms with E-state index in [-0.39, 0.29) is 5.92 Å². The highest BCUT2D eigenvalue weighted by Crippen LogP contribution is 2.47. The Morgan fingerprint density at radius 3 is 2.32 bits per heavy atom. The summed E-state index contributed by atoms with van der Waals surface area (Å²) < 4.78 is 11.5. The van der Waals surface area contributed by atoms with E-state index >= 15 is 0 Å². The van der Waals surface area contributed by atoms with Crippen LogP contribution in [-0.2, 0) is 5.60 Å². The molecule has 0 saturated heterocycles. The minimum atomic E-state index is -0.964. The van der Waals surface area contributed by atoms with Gasteiger partial charge in [0, 0.05) is 12.0 Å². The number of hydrogen-bond donors (Lipinski definition) is 1. The molecule has 0 bridgehead atoms. The summed E-state index contributed by atoms with van der Waals surface area (Å²) in [6, 6.07) is 1.80. The Kier molecular flexibility index (Phi) is 3.98. The molecule has 0 unspecified atom stereocenters. The second-order valence-electron chi connectivity index (χ2n) is 5.74. The number of rotatable bonds is 2. The first-order valence-electron chi connectivity index (χ1n) is 6.67. The predicted molar refractivity (Wildman–Crippen MR) is 76.4 cm³/mol. The van der Waals surface area contributed by atoms with Crippen LogP contribution in [0.25, 0.3) is 0 Å². The number of benzene rings is 1. The predicted octanol–water partition coefficient (Wildman–Crippen LogP) is 3.85. The van der Waals surface area contributed by atoms with E-state index in [1.54, 1.807) is 19.9 Å². The van der Waals surface area contributed by atoms with Crippen LogP contribution in [0.2, 0.25) is 5.02 Å². The van der Waals surface area contributed by atoms with Crippen LogP contribution < -0.4 is 9.47 Å². The Hall–Kier alpha value is -0.930. The number of hydrogen-bond acceptors (Lipinski definition) is 3.